The second-order valence-electron chi connectivity index (χ2n) is 15.7. The molecule has 8 heteroatoms. The standard InChI is InChI=1S/C28H60O5Si3/c1-21(17-18-29)25-23(33-36(15,16)28(8,9)10)19-22(32-35(13,14)27(5,6)7)24(31-25)20-30-34(11,12)26(2,3)4/h18,21-25H,17,19-20H2,1-16H3/t21?,22-,23+,24-,25+/m1/s1. The van der Waals surface area contributed by atoms with Gasteiger partial charge >= 0.3 is 0 Å². The summed E-state index contributed by atoms with van der Waals surface area (Å²) in [6.45, 7) is 36.9. The van der Waals surface area contributed by atoms with Crippen LogP contribution in [0.3, 0.4) is 0 Å². The Kier molecular flexibility index (Phi) is 11.1. The van der Waals surface area contributed by atoms with E-state index in [1.165, 1.54) is 0 Å². The second-order valence-corrected chi connectivity index (χ2v) is 30.0. The molecule has 5 nitrogen and oxygen atoms in total. The van der Waals surface area contributed by atoms with E-state index < -0.39 is 25.0 Å². The van der Waals surface area contributed by atoms with Crippen LogP contribution >= 0.6 is 0 Å². The van der Waals surface area contributed by atoms with Gasteiger partial charge in [0.05, 0.1) is 24.9 Å². The number of carbonyl (C=O) groups excluding carboxylic acids is 1. The molecule has 1 unspecified atom stereocenters. The van der Waals surface area contributed by atoms with Gasteiger partial charge in [0, 0.05) is 12.8 Å². The monoisotopic (exact) mass is 560 g/mol. The Hall–Kier alpha value is 0.161. The Bertz CT molecular complexity index is 716. The van der Waals surface area contributed by atoms with Gasteiger partial charge in [0.25, 0.3) is 0 Å². The predicted molar refractivity (Wildman–Crippen MR) is 160 cm³/mol. The molecule has 0 amide bonds. The van der Waals surface area contributed by atoms with Crippen molar-refractivity contribution in [2.24, 2.45) is 5.92 Å². The van der Waals surface area contributed by atoms with Crippen LogP contribution in [0.1, 0.15) is 82.1 Å². The first-order chi connectivity index (χ1) is 15.9. The normalized spacial score (nSPS) is 26.1. The topological polar surface area (TPSA) is 54.0 Å². The first-order valence-corrected chi connectivity index (χ1v) is 22.7. The van der Waals surface area contributed by atoms with Crippen LogP contribution in [0.2, 0.25) is 54.4 Å². The molecule has 0 spiro atoms. The van der Waals surface area contributed by atoms with Crippen molar-refractivity contribution in [3.05, 3.63) is 0 Å². The first-order valence-electron chi connectivity index (χ1n) is 13.9. The van der Waals surface area contributed by atoms with E-state index in [9.17, 15) is 4.79 Å². The summed E-state index contributed by atoms with van der Waals surface area (Å²) in [5, 5.41) is 0.300. The van der Waals surface area contributed by atoms with E-state index >= 15 is 0 Å². The molecule has 1 heterocycles. The lowest BCUT2D eigenvalue weighted by molar-refractivity contribution is -0.184. The highest BCUT2D eigenvalue weighted by molar-refractivity contribution is 6.75. The van der Waals surface area contributed by atoms with Gasteiger partial charge in [0.15, 0.2) is 25.0 Å². The summed E-state index contributed by atoms with van der Waals surface area (Å²) >= 11 is 0. The van der Waals surface area contributed by atoms with Crippen molar-refractivity contribution < 1.29 is 22.8 Å². The van der Waals surface area contributed by atoms with E-state index in [4.69, 9.17) is 18.0 Å². The SMILES string of the molecule is CC(CC=O)[C@@H]1O[C@H](CO[Si](C)(C)C(C)(C)C)[C@H](O[Si](C)(C)C(C)(C)C)C[C@@H]1O[Si](C)(C)C(C)(C)C. The molecule has 1 fully saturated rings. The van der Waals surface area contributed by atoms with Crippen LogP contribution in [0, 0.1) is 5.92 Å². The number of hydrogen-bond acceptors (Lipinski definition) is 5. The molecule has 0 aromatic rings. The fourth-order valence-corrected chi connectivity index (χ4v) is 7.39. The predicted octanol–water partition coefficient (Wildman–Crippen LogP) is 8.17. The van der Waals surface area contributed by atoms with Crippen LogP contribution in [-0.4, -0.2) is 62.3 Å². The summed E-state index contributed by atoms with van der Waals surface area (Å²) in [6.07, 6.45) is 1.73. The lowest BCUT2D eigenvalue weighted by Crippen LogP contribution is -2.60. The molecule has 0 bridgehead atoms. The van der Waals surface area contributed by atoms with Crippen molar-refractivity contribution in [2.75, 3.05) is 6.61 Å². The maximum atomic E-state index is 11.5. The second kappa shape index (κ2) is 11.7. The molecule has 1 saturated heterocycles. The third-order valence-electron chi connectivity index (χ3n) is 9.53. The van der Waals surface area contributed by atoms with Crippen LogP contribution in [-0.2, 0) is 22.8 Å². The Morgan fingerprint density at radius 3 is 1.58 bits per heavy atom. The molecular weight excluding hydrogens is 501 g/mol. The molecule has 0 aromatic heterocycles. The van der Waals surface area contributed by atoms with E-state index in [1.54, 1.807) is 0 Å². The maximum Gasteiger partial charge on any atom is 0.192 e. The van der Waals surface area contributed by atoms with Crippen LogP contribution < -0.4 is 0 Å². The maximum absolute atomic E-state index is 11.5. The van der Waals surface area contributed by atoms with Crippen molar-refractivity contribution in [3.63, 3.8) is 0 Å². The quantitative estimate of drug-likeness (QED) is 0.199. The molecule has 0 saturated carbocycles. The number of rotatable bonds is 10. The van der Waals surface area contributed by atoms with Crippen LogP contribution in [0.5, 0.6) is 0 Å². The van der Waals surface area contributed by atoms with Gasteiger partial charge in [-0.3, -0.25) is 0 Å². The Labute approximate surface area is 227 Å². The average molecular weight is 561 g/mol. The summed E-state index contributed by atoms with van der Waals surface area (Å²) in [4.78, 5) is 11.5. The third-order valence-corrected chi connectivity index (χ3v) is 23.0. The van der Waals surface area contributed by atoms with Gasteiger partial charge < -0.3 is 22.8 Å². The summed E-state index contributed by atoms with van der Waals surface area (Å²) in [7, 11) is -6.08. The van der Waals surface area contributed by atoms with Gasteiger partial charge in [-0.25, -0.2) is 0 Å². The first kappa shape index (κ1) is 34.2. The minimum atomic E-state index is -2.06. The molecule has 1 aliphatic heterocycles. The molecule has 5 atom stereocenters. The van der Waals surface area contributed by atoms with E-state index in [0.29, 0.717) is 13.0 Å². The molecule has 1 rings (SSSR count). The number of aldehydes is 1. The smallest absolute Gasteiger partial charge is 0.192 e. The van der Waals surface area contributed by atoms with Gasteiger partial charge in [-0.15, -0.1) is 0 Å². The zero-order chi connectivity index (χ0) is 28.5. The molecule has 0 N–H and O–H groups in total. The van der Waals surface area contributed by atoms with Gasteiger partial charge in [-0.1, -0.05) is 69.2 Å². The lowest BCUT2D eigenvalue weighted by Gasteiger charge is -2.51. The fraction of sp³-hybridized carbons (Fsp3) is 0.964. The molecule has 0 aromatic carbocycles. The molecule has 36 heavy (non-hydrogen) atoms. The zero-order valence-corrected chi connectivity index (χ0v) is 29.6. The van der Waals surface area contributed by atoms with Gasteiger partial charge in [-0.2, -0.15) is 0 Å². The Morgan fingerprint density at radius 2 is 1.19 bits per heavy atom. The average Bonchev–Trinajstić information content (AvgIpc) is 2.64. The highest BCUT2D eigenvalue weighted by atomic mass is 28.4. The van der Waals surface area contributed by atoms with Crippen molar-refractivity contribution in [1.29, 1.82) is 0 Å². The number of ether oxygens (including phenoxy) is 1. The van der Waals surface area contributed by atoms with Crippen molar-refractivity contribution in [2.45, 2.75) is 161 Å². The fourth-order valence-electron chi connectivity index (χ4n) is 3.68. The summed E-state index contributed by atoms with van der Waals surface area (Å²) < 4.78 is 27.6. The van der Waals surface area contributed by atoms with E-state index in [-0.39, 0.29) is 45.4 Å². The number of carbonyl (C=O) groups is 1. The van der Waals surface area contributed by atoms with Crippen molar-refractivity contribution in [1.82, 2.24) is 0 Å². The lowest BCUT2D eigenvalue weighted by atomic mass is 9.89. The largest absolute Gasteiger partial charge is 0.414 e. The molecular formula is C28H60O5Si3. The molecule has 1 aliphatic rings. The van der Waals surface area contributed by atoms with Crippen molar-refractivity contribution in [3.8, 4) is 0 Å². The van der Waals surface area contributed by atoms with Crippen LogP contribution in [0.4, 0.5) is 0 Å². The summed E-state index contributed by atoms with van der Waals surface area (Å²) in [6, 6.07) is 0. The molecule has 0 radical (unpaired) electrons. The highest BCUT2D eigenvalue weighted by Gasteiger charge is 2.50. The molecule has 214 valence electrons. The van der Waals surface area contributed by atoms with Crippen LogP contribution in [0.25, 0.3) is 0 Å². The highest BCUT2D eigenvalue weighted by Crippen LogP contribution is 2.44. The summed E-state index contributed by atoms with van der Waals surface area (Å²) in [5.74, 6) is 0.0708. The van der Waals surface area contributed by atoms with Crippen molar-refractivity contribution >= 4 is 31.2 Å². The Morgan fingerprint density at radius 1 is 0.778 bits per heavy atom. The molecule has 0 aliphatic carbocycles. The summed E-state index contributed by atoms with van der Waals surface area (Å²) in [5.41, 5.74) is 0. The van der Waals surface area contributed by atoms with E-state index in [0.717, 1.165) is 12.7 Å². The Balaban J connectivity index is 3.40. The number of hydrogen-bond donors (Lipinski definition) is 0. The third kappa shape index (κ3) is 8.58. The van der Waals surface area contributed by atoms with Crippen LogP contribution in [0.15, 0.2) is 0 Å². The van der Waals surface area contributed by atoms with Gasteiger partial charge in [-0.05, 0) is 60.3 Å². The van der Waals surface area contributed by atoms with E-state index in [2.05, 4.69) is 109 Å². The van der Waals surface area contributed by atoms with Gasteiger partial charge in [0.2, 0.25) is 0 Å². The van der Waals surface area contributed by atoms with Gasteiger partial charge in [0.1, 0.15) is 12.4 Å². The zero-order valence-electron chi connectivity index (χ0n) is 26.6. The minimum absolute atomic E-state index is 0.0708. The minimum Gasteiger partial charge on any atom is -0.414 e. The van der Waals surface area contributed by atoms with E-state index in [1.807, 2.05) is 0 Å².